The maximum atomic E-state index is 13.7. The molecule has 3 rings (SSSR count). The third-order valence-electron chi connectivity index (χ3n) is 5.27. The third-order valence-corrected chi connectivity index (χ3v) is 7.18. The highest BCUT2D eigenvalue weighted by atomic mass is 32.2. The summed E-state index contributed by atoms with van der Waals surface area (Å²) < 4.78 is 40.7. The Bertz CT molecular complexity index is 955. The number of benzene rings is 2. The number of carbonyl (C=O) groups is 1. The van der Waals surface area contributed by atoms with Gasteiger partial charge >= 0.3 is 0 Å². The molecule has 2 aromatic carbocycles. The number of nitrogens with zero attached hydrogens (tertiary/aromatic N) is 2. The van der Waals surface area contributed by atoms with Gasteiger partial charge in [0.05, 0.1) is 10.9 Å². The van der Waals surface area contributed by atoms with E-state index in [-0.39, 0.29) is 23.2 Å². The average Bonchev–Trinajstić information content (AvgIpc) is 2.73. The van der Waals surface area contributed by atoms with E-state index in [4.69, 9.17) is 0 Å². The monoisotopic (exact) mass is 419 g/mol. The highest BCUT2D eigenvalue weighted by molar-refractivity contribution is 7.89. The third kappa shape index (κ3) is 5.01. The van der Waals surface area contributed by atoms with Gasteiger partial charge in [-0.05, 0) is 32.0 Å². The van der Waals surface area contributed by atoms with E-state index in [0.29, 0.717) is 31.7 Å². The molecular weight excluding hydrogens is 393 g/mol. The average molecular weight is 420 g/mol. The summed E-state index contributed by atoms with van der Waals surface area (Å²) in [6.45, 7) is 5.37. The van der Waals surface area contributed by atoms with E-state index in [1.807, 2.05) is 11.8 Å². The quantitative estimate of drug-likeness (QED) is 0.779. The van der Waals surface area contributed by atoms with Gasteiger partial charge in [0.2, 0.25) is 15.9 Å². The molecule has 2 aromatic rings. The van der Waals surface area contributed by atoms with Gasteiger partial charge in [0, 0.05) is 38.3 Å². The lowest BCUT2D eigenvalue weighted by Gasteiger charge is -2.36. The number of piperazine rings is 1. The fraction of sp³-hybridized carbons (Fsp3) is 0.381. The molecule has 29 heavy (non-hydrogen) atoms. The molecule has 6 nitrogen and oxygen atoms in total. The van der Waals surface area contributed by atoms with E-state index >= 15 is 0 Å². The number of rotatable bonds is 6. The fourth-order valence-electron chi connectivity index (χ4n) is 3.33. The van der Waals surface area contributed by atoms with E-state index in [1.165, 1.54) is 10.4 Å². The van der Waals surface area contributed by atoms with Gasteiger partial charge in [-0.25, -0.2) is 12.8 Å². The Labute approximate surface area is 171 Å². The standard InChI is InChI=1S/C21H26FN3O3S/c1-16-7-9-19(10-8-16)29(27,28)25-13-11-24(12-14-25)17(2)21(26)23-15-18-5-3-4-6-20(18)22/h3-10,17H,11-15H2,1-2H3,(H,23,26). The molecule has 1 saturated heterocycles. The summed E-state index contributed by atoms with van der Waals surface area (Å²) in [7, 11) is -3.53. The summed E-state index contributed by atoms with van der Waals surface area (Å²) in [5, 5.41) is 2.76. The molecule has 156 valence electrons. The van der Waals surface area contributed by atoms with Crippen molar-refractivity contribution >= 4 is 15.9 Å². The number of hydrogen-bond donors (Lipinski definition) is 1. The summed E-state index contributed by atoms with van der Waals surface area (Å²) >= 11 is 0. The molecule has 0 radical (unpaired) electrons. The normalized spacial score (nSPS) is 17.1. The second-order valence-corrected chi connectivity index (χ2v) is 9.18. The van der Waals surface area contributed by atoms with Gasteiger partial charge in [-0.1, -0.05) is 35.9 Å². The molecule has 0 saturated carbocycles. The highest BCUT2D eigenvalue weighted by Crippen LogP contribution is 2.19. The molecule has 1 unspecified atom stereocenters. The van der Waals surface area contributed by atoms with Crippen LogP contribution in [0.2, 0.25) is 0 Å². The zero-order valence-corrected chi connectivity index (χ0v) is 17.5. The molecule has 8 heteroatoms. The van der Waals surface area contributed by atoms with Crippen LogP contribution in [0.5, 0.6) is 0 Å². The summed E-state index contributed by atoms with van der Waals surface area (Å²) in [5.74, 6) is -0.557. The largest absolute Gasteiger partial charge is 0.351 e. The molecule has 1 N–H and O–H groups in total. The lowest BCUT2D eigenvalue weighted by atomic mass is 10.2. The van der Waals surface area contributed by atoms with Gasteiger partial charge in [0.1, 0.15) is 5.82 Å². The van der Waals surface area contributed by atoms with Crippen LogP contribution in [0.4, 0.5) is 4.39 Å². The van der Waals surface area contributed by atoms with Crippen LogP contribution in [0.25, 0.3) is 0 Å². The van der Waals surface area contributed by atoms with E-state index in [9.17, 15) is 17.6 Å². The molecule has 1 amide bonds. The second kappa shape index (κ2) is 9.02. The number of sulfonamides is 1. The van der Waals surface area contributed by atoms with Crippen molar-refractivity contribution < 1.29 is 17.6 Å². The Morgan fingerprint density at radius 2 is 1.69 bits per heavy atom. The lowest BCUT2D eigenvalue weighted by molar-refractivity contribution is -0.126. The van der Waals surface area contributed by atoms with Crippen molar-refractivity contribution in [3.05, 3.63) is 65.5 Å². The van der Waals surface area contributed by atoms with Crippen molar-refractivity contribution in [1.29, 1.82) is 0 Å². The van der Waals surface area contributed by atoms with Crippen LogP contribution in [0.1, 0.15) is 18.1 Å². The van der Waals surface area contributed by atoms with Crippen LogP contribution >= 0.6 is 0 Å². The lowest BCUT2D eigenvalue weighted by Crippen LogP contribution is -2.54. The number of hydrogen-bond acceptors (Lipinski definition) is 4. The maximum Gasteiger partial charge on any atom is 0.243 e. The van der Waals surface area contributed by atoms with Crippen molar-refractivity contribution in [2.24, 2.45) is 0 Å². The van der Waals surface area contributed by atoms with E-state index in [2.05, 4.69) is 5.32 Å². The van der Waals surface area contributed by atoms with Crippen LogP contribution in [0, 0.1) is 12.7 Å². The van der Waals surface area contributed by atoms with Crippen LogP contribution in [0.3, 0.4) is 0 Å². The van der Waals surface area contributed by atoms with Crippen LogP contribution in [-0.2, 0) is 21.4 Å². The van der Waals surface area contributed by atoms with Gasteiger partial charge in [-0.2, -0.15) is 4.31 Å². The molecule has 1 heterocycles. The first kappa shape index (κ1) is 21.4. The van der Waals surface area contributed by atoms with Crippen molar-refractivity contribution in [1.82, 2.24) is 14.5 Å². The van der Waals surface area contributed by atoms with Gasteiger partial charge in [0.25, 0.3) is 0 Å². The number of nitrogens with one attached hydrogen (secondary N) is 1. The Morgan fingerprint density at radius 3 is 2.31 bits per heavy atom. The summed E-state index contributed by atoms with van der Waals surface area (Å²) in [6, 6.07) is 12.7. The first-order valence-electron chi connectivity index (χ1n) is 9.61. The molecule has 1 aliphatic rings. The van der Waals surface area contributed by atoms with Crippen molar-refractivity contribution in [2.75, 3.05) is 26.2 Å². The minimum atomic E-state index is -3.53. The Kier molecular flexibility index (Phi) is 6.66. The summed E-state index contributed by atoms with van der Waals surface area (Å²) in [4.78, 5) is 14.7. The number of aryl methyl sites for hydroxylation is 1. The number of halogens is 1. The predicted molar refractivity (Wildman–Crippen MR) is 109 cm³/mol. The van der Waals surface area contributed by atoms with E-state index in [1.54, 1.807) is 49.4 Å². The molecule has 0 aliphatic carbocycles. The molecule has 0 spiro atoms. The van der Waals surface area contributed by atoms with E-state index < -0.39 is 16.1 Å². The van der Waals surface area contributed by atoms with Crippen molar-refractivity contribution in [3.63, 3.8) is 0 Å². The van der Waals surface area contributed by atoms with Gasteiger partial charge < -0.3 is 5.32 Å². The molecular formula is C21H26FN3O3S. The summed E-state index contributed by atoms with van der Waals surface area (Å²) in [6.07, 6.45) is 0. The van der Waals surface area contributed by atoms with Gasteiger partial charge in [0.15, 0.2) is 0 Å². The second-order valence-electron chi connectivity index (χ2n) is 7.24. The molecule has 0 bridgehead atoms. The zero-order chi connectivity index (χ0) is 21.0. The zero-order valence-electron chi connectivity index (χ0n) is 16.6. The minimum Gasteiger partial charge on any atom is -0.351 e. The Balaban J connectivity index is 1.55. The Hall–Kier alpha value is -2.29. The SMILES string of the molecule is Cc1ccc(S(=O)(=O)N2CCN(C(C)C(=O)NCc3ccccc3F)CC2)cc1. The molecule has 1 fully saturated rings. The van der Waals surface area contributed by atoms with Crippen LogP contribution in [-0.4, -0.2) is 55.8 Å². The molecule has 1 atom stereocenters. The fourth-order valence-corrected chi connectivity index (χ4v) is 4.75. The Morgan fingerprint density at radius 1 is 1.07 bits per heavy atom. The van der Waals surface area contributed by atoms with E-state index in [0.717, 1.165) is 5.56 Å². The number of amides is 1. The number of carbonyl (C=O) groups excluding carboxylic acids is 1. The van der Waals surface area contributed by atoms with Gasteiger partial charge in [-0.15, -0.1) is 0 Å². The molecule has 1 aliphatic heterocycles. The van der Waals surface area contributed by atoms with Crippen LogP contribution < -0.4 is 5.32 Å². The maximum absolute atomic E-state index is 13.7. The predicted octanol–water partition coefficient (Wildman–Crippen LogP) is 2.15. The topological polar surface area (TPSA) is 69.7 Å². The smallest absolute Gasteiger partial charge is 0.243 e. The van der Waals surface area contributed by atoms with Crippen LogP contribution in [0.15, 0.2) is 53.4 Å². The highest BCUT2D eigenvalue weighted by Gasteiger charge is 2.31. The first-order chi connectivity index (χ1) is 13.8. The minimum absolute atomic E-state index is 0.123. The first-order valence-corrected chi connectivity index (χ1v) is 11.0. The molecule has 0 aromatic heterocycles. The van der Waals surface area contributed by atoms with Crippen molar-refractivity contribution in [3.8, 4) is 0 Å². The summed E-state index contributed by atoms with van der Waals surface area (Å²) in [5.41, 5.74) is 1.44. The van der Waals surface area contributed by atoms with Gasteiger partial charge in [-0.3, -0.25) is 9.69 Å². The van der Waals surface area contributed by atoms with Crippen molar-refractivity contribution in [2.45, 2.75) is 31.3 Å².